The molecular weight excluding hydrogens is 294 g/mol. The minimum atomic E-state index is -0.649. The molecule has 0 unspecified atom stereocenters. The number of benzene rings is 1. The van der Waals surface area contributed by atoms with E-state index >= 15 is 0 Å². The van der Waals surface area contributed by atoms with Gasteiger partial charge in [-0.05, 0) is 12.1 Å². The number of rotatable bonds is 6. The molecule has 0 atom stereocenters. The normalized spacial score (nSPS) is 14.1. The van der Waals surface area contributed by atoms with E-state index in [-0.39, 0.29) is 30.2 Å². The fourth-order valence-corrected chi connectivity index (χ4v) is 1.95. The van der Waals surface area contributed by atoms with Gasteiger partial charge in [0.15, 0.2) is 0 Å². The number of methoxy groups -OCH3 is 1. The molecule has 0 aliphatic carbocycles. The predicted octanol–water partition coefficient (Wildman–Crippen LogP) is 0.260. The Balaban J connectivity index is 2.28. The van der Waals surface area contributed by atoms with E-state index in [4.69, 9.17) is 9.84 Å². The fourth-order valence-electron chi connectivity index (χ4n) is 1.95. The van der Waals surface area contributed by atoms with Crippen LogP contribution in [0.15, 0.2) is 30.0 Å². The van der Waals surface area contributed by atoms with Crippen LogP contribution in [0.5, 0.6) is 5.75 Å². The van der Waals surface area contributed by atoms with Gasteiger partial charge in [0.25, 0.3) is 17.5 Å². The van der Waals surface area contributed by atoms with E-state index in [1.807, 2.05) is 0 Å². The standard InChI is InChI=1S/C13H13N3O6/c1-22-8-2-3-9(11(6-8)16(20)21)14-10-7-12(18)15(4-5-17)13(10)19/h2-3,6-7,14,17H,4-5H2,1H3. The topological polar surface area (TPSA) is 122 Å². The van der Waals surface area contributed by atoms with Gasteiger partial charge in [-0.15, -0.1) is 0 Å². The van der Waals surface area contributed by atoms with Crippen LogP contribution in [-0.4, -0.2) is 47.0 Å². The quantitative estimate of drug-likeness (QED) is 0.439. The van der Waals surface area contributed by atoms with Gasteiger partial charge in [0.1, 0.15) is 17.1 Å². The minimum absolute atomic E-state index is 0.0593. The van der Waals surface area contributed by atoms with E-state index in [0.717, 1.165) is 11.0 Å². The summed E-state index contributed by atoms with van der Waals surface area (Å²) in [6, 6.07) is 4.07. The first-order chi connectivity index (χ1) is 10.5. The number of nitrogens with zero attached hydrogens (tertiary/aromatic N) is 2. The lowest BCUT2D eigenvalue weighted by Crippen LogP contribution is -2.34. The third-order valence-corrected chi connectivity index (χ3v) is 3.00. The Hall–Kier alpha value is -2.94. The number of aliphatic hydroxyl groups excluding tert-OH is 1. The van der Waals surface area contributed by atoms with Crippen molar-refractivity contribution in [2.45, 2.75) is 0 Å². The first kappa shape index (κ1) is 15.4. The van der Waals surface area contributed by atoms with Gasteiger partial charge in [-0.1, -0.05) is 0 Å². The van der Waals surface area contributed by atoms with Crippen molar-refractivity contribution in [3.8, 4) is 5.75 Å². The molecule has 0 saturated heterocycles. The molecule has 1 heterocycles. The van der Waals surface area contributed by atoms with Crippen LogP contribution < -0.4 is 10.1 Å². The molecule has 0 spiro atoms. The van der Waals surface area contributed by atoms with Crippen molar-refractivity contribution in [2.24, 2.45) is 0 Å². The second kappa shape index (κ2) is 6.22. The zero-order valence-electron chi connectivity index (χ0n) is 11.6. The molecule has 0 saturated carbocycles. The minimum Gasteiger partial charge on any atom is -0.496 e. The van der Waals surface area contributed by atoms with E-state index < -0.39 is 16.7 Å². The molecule has 0 fully saturated rings. The maximum atomic E-state index is 12.0. The lowest BCUT2D eigenvalue weighted by molar-refractivity contribution is -0.384. The zero-order valence-corrected chi connectivity index (χ0v) is 11.6. The summed E-state index contributed by atoms with van der Waals surface area (Å²) in [5.41, 5.74) is -0.322. The van der Waals surface area contributed by atoms with E-state index in [2.05, 4.69) is 5.32 Å². The third kappa shape index (κ3) is 2.88. The number of nitrogens with one attached hydrogen (secondary N) is 1. The number of carbonyl (C=O) groups excluding carboxylic acids is 2. The molecular formula is C13H13N3O6. The summed E-state index contributed by atoms with van der Waals surface area (Å²) < 4.78 is 4.91. The van der Waals surface area contributed by atoms with Gasteiger partial charge >= 0.3 is 0 Å². The molecule has 1 aromatic rings. The van der Waals surface area contributed by atoms with Crippen molar-refractivity contribution in [3.63, 3.8) is 0 Å². The number of ether oxygens (including phenoxy) is 1. The molecule has 22 heavy (non-hydrogen) atoms. The molecule has 1 aliphatic rings. The molecule has 1 aliphatic heterocycles. The summed E-state index contributed by atoms with van der Waals surface area (Å²) in [6.45, 7) is -0.495. The Labute approximate surface area is 124 Å². The molecule has 0 aromatic heterocycles. The van der Waals surface area contributed by atoms with Gasteiger partial charge in [0, 0.05) is 6.08 Å². The van der Waals surface area contributed by atoms with Crippen molar-refractivity contribution in [1.29, 1.82) is 0 Å². The lowest BCUT2D eigenvalue weighted by atomic mass is 10.2. The van der Waals surface area contributed by atoms with Crippen LogP contribution in [0.25, 0.3) is 0 Å². The number of aliphatic hydroxyl groups is 1. The molecule has 2 N–H and O–H groups in total. The number of imide groups is 1. The SMILES string of the molecule is COc1ccc(NC2=CC(=O)N(CCO)C2=O)c([N+](=O)[O-])c1. The van der Waals surface area contributed by atoms with Gasteiger partial charge < -0.3 is 15.2 Å². The zero-order chi connectivity index (χ0) is 16.3. The van der Waals surface area contributed by atoms with E-state index in [1.54, 1.807) is 0 Å². The highest BCUT2D eigenvalue weighted by atomic mass is 16.6. The molecule has 2 rings (SSSR count). The number of nitro benzene ring substituents is 1. The van der Waals surface area contributed by atoms with Crippen molar-refractivity contribution >= 4 is 23.2 Å². The van der Waals surface area contributed by atoms with Gasteiger partial charge in [0.05, 0.1) is 31.3 Å². The first-order valence-corrected chi connectivity index (χ1v) is 6.25. The number of nitro groups is 1. The van der Waals surface area contributed by atoms with Crippen molar-refractivity contribution in [2.75, 3.05) is 25.6 Å². The van der Waals surface area contributed by atoms with Gasteiger partial charge in [-0.2, -0.15) is 0 Å². The number of hydrogen-bond donors (Lipinski definition) is 2. The number of β-amino-alcohol motifs (C(OH)–C–C–N with tert-alkyl or cyclic N) is 1. The van der Waals surface area contributed by atoms with Crippen molar-refractivity contribution in [3.05, 3.63) is 40.1 Å². The predicted molar refractivity (Wildman–Crippen MR) is 75.2 cm³/mol. The molecule has 9 nitrogen and oxygen atoms in total. The summed E-state index contributed by atoms with van der Waals surface area (Å²) in [4.78, 5) is 34.9. The van der Waals surface area contributed by atoms with Gasteiger partial charge in [0.2, 0.25) is 0 Å². The first-order valence-electron chi connectivity index (χ1n) is 6.25. The molecule has 1 aromatic carbocycles. The molecule has 0 radical (unpaired) electrons. The molecule has 2 amide bonds. The highest BCUT2D eigenvalue weighted by Crippen LogP contribution is 2.30. The molecule has 116 valence electrons. The highest BCUT2D eigenvalue weighted by molar-refractivity contribution is 6.17. The van der Waals surface area contributed by atoms with Crippen LogP contribution >= 0.6 is 0 Å². The highest BCUT2D eigenvalue weighted by Gasteiger charge is 2.31. The van der Waals surface area contributed by atoms with Crippen LogP contribution in [0.2, 0.25) is 0 Å². The summed E-state index contributed by atoms with van der Waals surface area (Å²) >= 11 is 0. The van der Waals surface area contributed by atoms with Crippen molar-refractivity contribution < 1.29 is 24.4 Å². The summed E-state index contributed by atoms with van der Waals surface area (Å²) in [7, 11) is 1.38. The van der Waals surface area contributed by atoms with E-state index in [0.29, 0.717) is 5.75 Å². The number of hydrogen-bond acceptors (Lipinski definition) is 7. The van der Waals surface area contributed by atoms with Crippen LogP contribution in [0.4, 0.5) is 11.4 Å². The Kier molecular flexibility index (Phi) is 4.37. The second-order valence-electron chi connectivity index (χ2n) is 4.34. The van der Waals surface area contributed by atoms with Crippen molar-refractivity contribution in [1.82, 2.24) is 4.90 Å². The maximum absolute atomic E-state index is 12.0. The number of amides is 2. The Morgan fingerprint density at radius 3 is 2.73 bits per heavy atom. The van der Waals surface area contributed by atoms with Gasteiger partial charge in [-0.25, -0.2) is 0 Å². The van der Waals surface area contributed by atoms with Crippen LogP contribution in [0, 0.1) is 10.1 Å². The van der Waals surface area contributed by atoms with Crippen LogP contribution in [-0.2, 0) is 9.59 Å². The summed E-state index contributed by atoms with van der Waals surface area (Å²) in [6.07, 6.45) is 1.03. The molecule has 0 bridgehead atoms. The van der Waals surface area contributed by atoms with Gasteiger partial charge in [-0.3, -0.25) is 24.6 Å². The lowest BCUT2D eigenvalue weighted by Gasteiger charge is -2.13. The number of anilines is 1. The Morgan fingerprint density at radius 2 is 2.14 bits per heavy atom. The Bertz CT molecular complexity index is 670. The third-order valence-electron chi connectivity index (χ3n) is 3.00. The smallest absolute Gasteiger partial charge is 0.296 e. The fraction of sp³-hybridized carbons (Fsp3) is 0.231. The van der Waals surface area contributed by atoms with Crippen LogP contribution in [0.1, 0.15) is 0 Å². The second-order valence-corrected chi connectivity index (χ2v) is 4.34. The molecule has 9 heteroatoms. The Morgan fingerprint density at radius 1 is 1.41 bits per heavy atom. The largest absolute Gasteiger partial charge is 0.496 e. The summed E-state index contributed by atoms with van der Waals surface area (Å²) in [5.74, 6) is -0.941. The number of carbonyl (C=O) groups is 2. The average molecular weight is 307 g/mol. The van der Waals surface area contributed by atoms with E-state index in [1.165, 1.54) is 25.3 Å². The summed E-state index contributed by atoms with van der Waals surface area (Å²) in [5, 5.41) is 22.5. The van der Waals surface area contributed by atoms with Crippen LogP contribution in [0.3, 0.4) is 0 Å². The maximum Gasteiger partial charge on any atom is 0.296 e. The van der Waals surface area contributed by atoms with E-state index in [9.17, 15) is 19.7 Å². The average Bonchev–Trinajstić information content (AvgIpc) is 2.75. The monoisotopic (exact) mass is 307 g/mol.